The molecule has 10 heteroatoms. The van der Waals surface area contributed by atoms with Gasteiger partial charge in [-0.15, -0.1) is 0 Å². The Bertz CT molecular complexity index is 1180. The Kier molecular flexibility index (Phi) is 7.90. The molecule has 0 saturated carbocycles. The van der Waals surface area contributed by atoms with Crippen LogP contribution in [-0.2, 0) is 20.8 Å². The third-order valence-electron chi connectivity index (χ3n) is 5.30. The number of hydrogen-bond acceptors (Lipinski definition) is 7. The smallest absolute Gasteiger partial charge is 0.326 e. The lowest BCUT2D eigenvalue weighted by atomic mass is 10.0. The maximum Gasteiger partial charge on any atom is 0.326 e. The number of nitrogens with two attached hydrogens (primary N) is 1. The van der Waals surface area contributed by atoms with E-state index in [1.807, 2.05) is 0 Å². The summed E-state index contributed by atoms with van der Waals surface area (Å²) >= 11 is 0. The van der Waals surface area contributed by atoms with Crippen molar-refractivity contribution in [3.63, 3.8) is 0 Å². The first-order valence-corrected chi connectivity index (χ1v) is 10.6. The minimum absolute atomic E-state index is 0.00366. The number of phenols is 3. The second kappa shape index (κ2) is 11.0. The molecule has 3 aromatic carbocycles. The molecule has 35 heavy (non-hydrogen) atoms. The van der Waals surface area contributed by atoms with Gasteiger partial charge in [0.2, 0.25) is 11.8 Å². The molecule has 3 atom stereocenters. The van der Waals surface area contributed by atoms with Gasteiger partial charge in [-0.05, 0) is 53.1 Å². The summed E-state index contributed by atoms with van der Waals surface area (Å²) in [6.45, 7) is 0. The third kappa shape index (κ3) is 6.71. The minimum Gasteiger partial charge on any atom is -0.508 e. The molecule has 0 heterocycles. The van der Waals surface area contributed by atoms with Crippen LogP contribution in [0.3, 0.4) is 0 Å². The van der Waals surface area contributed by atoms with Crippen LogP contribution in [0.4, 0.5) is 0 Å². The van der Waals surface area contributed by atoms with Crippen LogP contribution in [0.2, 0.25) is 0 Å². The monoisotopic (exact) mass is 479 g/mol. The van der Waals surface area contributed by atoms with E-state index in [9.17, 15) is 34.8 Å². The number of amides is 2. The van der Waals surface area contributed by atoms with Crippen LogP contribution in [0, 0.1) is 0 Å². The molecule has 3 rings (SSSR count). The first kappa shape index (κ1) is 25.1. The number of nitrogens with one attached hydrogen (secondary N) is 2. The van der Waals surface area contributed by atoms with Crippen LogP contribution < -0.4 is 16.4 Å². The number of rotatable bonds is 9. The van der Waals surface area contributed by atoms with E-state index in [1.54, 1.807) is 0 Å². The topological polar surface area (TPSA) is 182 Å². The van der Waals surface area contributed by atoms with Crippen molar-refractivity contribution in [3.8, 4) is 17.2 Å². The van der Waals surface area contributed by atoms with E-state index in [2.05, 4.69) is 10.6 Å². The van der Waals surface area contributed by atoms with Crippen molar-refractivity contribution >= 4 is 17.8 Å². The zero-order chi connectivity index (χ0) is 25.5. The quantitative estimate of drug-likeness (QED) is 0.241. The first-order chi connectivity index (χ1) is 16.6. The molecular formula is C25H25N3O7. The van der Waals surface area contributed by atoms with Gasteiger partial charge in [-0.3, -0.25) is 9.59 Å². The van der Waals surface area contributed by atoms with Crippen molar-refractivity contribution in [3.05, 3.63) is 89.5 Å². The maximum absolute atomic E-state index is 13.2. The number of carboxylic acid groups (broad SMARTS) is 1. The molecule has 0 fully saturated rings. The van der Waals surface area contributed by atoms with Gasteiger partial charge >= 0.3 is 5.97 Å². The molecular weight excluding hydrogens is 454 g/mol. The van der Waals surface area contributed by atoms with Gasteiger partial charge < -0.3 is 36.8 Å². The van der Waals surface area contributed by atoms with Gasteiger partial charge in [0.05, 0.1) is 0 Å². The summed E-state index contributed by atoms with van der Waals surface area (Å²) in [5.41, 5.74) is 7.27. The summed E-state index contributed by atoms with van der Waals surface area (Å²) in [6, 6.07) is 13.2. The van der Waals surface area contributed by atoms with Gasteiger partial charge in [0.25, 0.3) is 0 Å². The maximum atomic E-state index is 13.2. The summed E-state index contributed by atoms with van der Waals surface area (Å²) in [6.07, 6.45) is -0.0649. The van der Waals surface area contributed by atoms with Crippen molar-refractivity contribution in [2.45, 2.75) is 24.5 Å². The third-order valence-corrected chi connectivity index (χ3v) is 5.30. The highest BCUT2D eigenvalue weighted by Gasteiger charge is 2.29. The average molecular weight is 479 g/mol. The van der Waals surface area contributed by atoms with Crippen molar-refractivity contribution in [1.29, 1.82) is 0 Å². The van der Waals surface area contributed by atoms with Gasteiger partial charge in [-0.2, -0.15) is 0 Å². The first-order valence-electron chi connectivity index (χ1n) is 10.6. The van der Waals surface area contributed by atoms with E-state index in [1.165, 1.54) is 72.8 Å². The molecule has 0 saturated heterocycles. The Morgan fingerprint density at radius 2 is 1.14 bits per heavy atom. The number of aliphatic carboxylic acids is 1. The van der Waals surface area contributed by atoms with E-state index < -0.39 is 35.9 Å². The standard InChI is InChI=1S/C25H25N3O7/c26-21(15-3-9-18(30)10-4-15)23(32)28-22(16-5-11-19(31)12-6-16)24(33)27-20(25(34)35)13-14-1-7-17(29)8-2-14/h1-12,20-22,29-31H,13,26H2,(H,27,33)(H,28,32)(H,34,35)/t20-,21+,22+/m0/s1. The summed E-state index contributed by atoms with van der Waals surface area (Å²) in [7, 11) is 0. The molecule has 0 aliphatic heterocycles. The number of carbonyl (C=O) groups excluding carboxylic acids is 2. The highest BCUT2D eigenvalue weighted by atomic mass is 16.4. The van der Waals surface area contributed by atoms with Crippen molar-refractivity contribution in [2.24, 2.45) is 5.73 Å². The number of aromatic hydroxyl groups is 3. The molecule has 0 aliphatic rings. The molecule has 0 bridgehead atoms. The van der Waals surface area contributed by atoms with Gasteiger partial charge in [-0.1, -0.05) is 36.4 Å². The number of hydrogen-bond donors (Lipinski definition) is 7. The lowest BCUT2D eigenvalue weighted by Crippen LogP contribution is -2.49. The number of carbonyl (C=O) groups is 3. The molecule has 182 valence electrons. The van der Waals surface area contributed by atoms with E-state index in [-0.39, 0.29) is 23.7 Å². The predicted octanol–water partition coefficient (Wildman–Crippen LogP) is 1.47. The second-order valence-corrected chi connectivity index (χ2v) is 7.87. The normalized spacial score (nSPS) is 13.3. The lowest BCUT2D eigenvalue weighted by molar-refractivity contribution is -0.142. The van der Waals surface area contributed by atoms with Gasteiger partial charge in [-0.25, -0.2) is 4.79 Å². The van der Waals surface area contributed by atoms with E-state index >= 15 is 0 Å². The van der Waals surface area contributed by atoms with Gasteiger partial charge in [0.1, 0.15) is 35.4 Å². The van der Waals surface area contributed by atoms with Gasteiger partial charge in [0, 0.05) is 6.42 Å². The zero-order valence-electron chi connectivity index (χ0n) is 18.5. The van der Waals surface area contributed by atoms with Crippen LogP contribution in [-0.4, -0.2) is 44.3 Å². The van der Waals surface area contributed by atoms with Crippen LogP contribution >= 0.6 is 0 Å². The Morgan fingerprint density at radius 1 is 0.686 bits per heavy atom. The fourth-order valence-electron chi connectivity index (χ4n) is 3.35. The Hall–Kier alpha value is -4.57. The zero-order valence-corrected chi connectivity index (χ0v) is 18.5. The van der Waals surface area contributed by atoms with Gasteiger partial charge in [0.15, 0.2) is 0 Å². The molecule has 0 aliphatic carbocycles. The fourth-order valence-corrected chi connectivity index (χ4v) is 3.35. The molecule has 3 aromatic rings. The van der Waals surface area contributed by atoms with Crippen LogP contribution in [0.5, 0.6) is 17.2 Å². The molecule has 8 N–H and O–H groups in total. The summed E-state index contributed by atoms with van der Waals surface area (Å²) in [5, 5.41) is 43.1. The lowest BCUT2D eigenvalue weighted by Gasteiger charge is -2.23. The molecule has 0 aromatic heterocycles. The second-order valence-electron chi connectivity index (χ2n) is 7.87. The molecule has 2 amide bonds. The SMILES string of the molecule is N[C@@H](C(=O)N[C@@H](C(=O)N[C@@H](Cc1ccc(O)cc1)C(=O)O)c1ccc(O)cc1)c1ccc(O)cc1. The Morgan fingerprint density at radius 3 is 1.63 bits per heavy atom. The number of phenolic OH excluding ortho intramolecular Hbond substituents is 3. The van der Waals surface area contributed by atoms with Crippen molar-refractivity contribution < 1.29 is 34.8 Å². The molecule has 0 spiro atoms. The van der Waals surface area contributed by atoms with E-state index in [0.29, 0.717) is 16.7 Å². The minimum atomic E-state index is -1.32. The highest BCUT2D eigenvalue weighted by molar-refractivity contribution is 5.93. The van der Waals surface area contributed by atoms with E-state index in [4.69, 9.17) is 5.73 Å². The average Bonchev–Trinajstić information content (AvgIpc) is 2.83. The van der Waals surface area contributed by atoms with Crippen LogP contribution in [0.25, 0.3) is 0 Å². The van der Waals surface area contributed by atoms with Crippen LogP contribution in [0.15, 0.2) is 72.8 Å². The van der Waals surface area contributed by atoms with Crippen molar-refractivity contribution in [2.75, 3.05) is 0 Å². The largest absolute Gasteiger partial charge is 0.508 e. The fraction of sp³-hybridized carbons (Fsp3) is 0.160. The number of benzene rings is 3. The predicted molar refractivity (Wildman–Crippen MR) is 125 cm³/mol. The van der Waals surface area contributed by atoms with Crippen LogP contribution in [0.1, 0.15) is 28.8 Å². The Labute approximate surface area is 200 Å². The summed E-state index contributed by atoms with van der Waals surface area (Å²) < 4.78 is 0. The summed E-state index contributed by atoms with van der Waals surface area (Å²) in [4.78, 5) is 37.8. The molecule has 10 nitrogen and oxygen atoms in total. The van der Waals surface area contributed by atoms with E-state index in [0.717, 1.165) is 0 Å². The summed E-state index contributed by atoms with van der Waals surface area (Å²) in [5.74, 6) is -2.85. The Balaban J connectivity index is 1.82. The molecule has 0 radical (unpaired) electrons. The number of carboxylic acids is 1. The van der Waals surface area contributed by atoms with Crippen molar-refractivity contribution in [1.82, 2.24) is 10.6 Å². The molecule has 0 unspecified atom stereocenters. The highest BCUT2D eigenvalue weighted by Crippen LogP contribution is 2.21.